The van der Waals surface area contributed by atoms with E-state index in [2.05, 4.69) is 51.8 Å². The molecule has 2 aromatic heterocycles. The highest BCUT2D eigenvalue weighted by Gasteiger charge is 2.23. The van der Waals surface area contributed by atoms with Gasteiger partial charge in [-0.1, -0.05) is 44.2 Å². The van der Waals surface area contributed by atoms with Gasteiger partial charge < -0.3 is 15.2 Å². The van der Waals surface area contributed by atoms with E-state index in [1.165, 1.54) is 5.56 Å². The molecule has 0 aliphatic carbocycles. The lowest BCUT2D eigenvalue weighted by atomic mass is 10.1. The van der Waals surface area contributed by atoms with Gasteiger partial charge in [-0.05, 0) is 18.9 Å². The van der Waals surface area contributed by atoms with Crippen LogP contribution in [0.15, 0.2) is 35.3 Å². The molecule has 31 heavy (non-hydrogen) atoms. The summed E-state index contributed by atoms with van der Waals surface area (Å²) in [4.78, 5) is 9.51. The Labute approximate surface area is 183 Å². The lowest BCUT2D eigenvalue weighted by Gasteiger charge is -2.25. The number of hydrogen-bond donors (Lipinski definition) is 2. The van der Waals surface area contributed by atoms with Crippen LogP contribution in [0.1, 0.15) is 55.0 Å². The summed E-state index contributed by atoms with van der Waals surface area (Å²) < 4.78 is 4.02. The van der Waals surface area contributed by atoms with Crippen molar-refractivity contribution >= 4 is 5.96 Å². The molecule has 1 aliphatic heterocycles. The third-order valence-electron chi connectivity index (χ3n) is 5.59. The van der Waals surface area contributed by atoms with Crippen LogP contribution in [0.3, 0.4) is 0 Å². The Bertz CT molecular complexity index is 1030. The van der Waals surface area contributed by atoms with Gasteiger partial charge in [0.05, 0.1) is 19.6 Å². The molecular weight excluding hydrogens is 390 g/mol. The third-order valence-corrected chi connectivity index (χ3v) is 5.59. The SMILES string of the molecule is Cc1nnc(CNC(=NCc2ccccc2)NC2CCc3nc(C(C)C)nn3C2)n1C. The molecule has 9 heteroatoms. The van der Waals surface area contributed by atoms with E-state index in [0.29, 0.717) is 19.0 Å². The van der Waals surface area contributed by atoms with E-state index >= 15 is 0 Å². The molecule has 0 saturated heterocycles. The molecule has 0 amide bonds. The van der Waals surface area contributed by atoms with Crippen LogP contribution in [0.4, 0.5) is 0 Å². The van der Waals surface area contributed by atoms with E-state index in [1.807, 2.05) is 41.4 Å². The average Bonchev–Trinajstić information content (AvgIpc) is 3.34. The van der Waals surface area contributed by atoms with Crippen molar-refractivity contribution in [3.05, 3.63) is 59.2 Å². The zero-order valence-corrected chi connectivity index (χ0v) is 18.7. The second-order valence-corrected chi connectivity index (χ2v) is 8.33. The van der Waals surface area contributed by atoms with Crippen LogP contribution in [0.5, 0.6) is 0 Å². The highest BCUT2D eigenvalue weighted by molar-refractivity contribution is 5.80. The third kappa shape index (κ3) is 5.10. The lowest BCUT2D eigenvalue weighted by molar-refractivity contribution is 0.391. The first kappa shape index (κ1) is 21.0. The van der Waals surface area contributed by atoms with Gasteiger partial charge >= 0.3 is 0 Å². The molecule has 3 aromatic rings. The molecular formula is C22H31N9. The summed E-state index contributed by atoms with van der Waals surface area (Å²) in [5.41, 5.74) is 1.17. The van der Waals surface area contributed by atoms with E-state index < -0.39 is 0 Å². The van der Waals surface area contributed by atoms with Crippen molar-refractivity contribution < 1.29 is 0 Å². The van der Waals surface area contributed by atoms with E-state index in [1.54, 1.807) is 0 Å². The van der Waals surface area contributed by atoms with Crippen molar-refractivity contribution in [2.24, 2.45) is 12.0 Å². The number of aliphatic imine (C=N–C) groups is 1. The van der Waals surface area contributed by atoms with Crippen LogP contribution in [0, 0.1) is 6.92 Å². The smallest absolute Gasteiger partial charge is 0.192 e. The minimum Gasteiger partial charge on any atom is -0.352 e. The van der Waals surface area contributed by atoms with Gasteiger partial charge in [0.2, 0.25) is 0 Å². The fourth-order valence-corrected chi connectivity index (χ4v) is 3.56. The number of nitrogens with one attached hydrogen (secondary N) is 2. The normalized spacial score (nSPS) is 16.4. The molecule has 0 fully saturated rings. The summed E-state index contributed by atoms with van der Waals surface area (Å²) in [6, 6.07) is 10.5. The minimum atomic E-state index is 0.234. The van der Waals surface area contributed by atoms with Crippen LogP contribution in [-0.2, 0) is 33.1 Å². The maximum absolute atomic E-state index is 4.82. The molecule has 164 valence electrons. The topological polar surface area (TPSA) is 97.8 Å². The predicted octanol–water partition coefficient (Wildman–Crippen LogP) is 2.09. The molecule has 0 saturated carbocycles. The van der Waals surface area contributed by atoms with Crippen molar-refractivity contribution in [3.63, 3.8) is 0 Å². The number of benzene rings is 1. The first-order chi connectivity index (χ1) is 15.0. The monoisotopic (exact) mass is 421 g/mol. The number of nitrogens with zero attached hydrogens (tertiary/aromatic N) is 7. The first-order valence-electron chi connectivity index (χ1n) is 10.9. The van der Waals surface area contributed by atoms with E-state index in [-0.39, 0.29) is 6.04 Å². The summed E-state index contributed by atoms with van der Waals surface area (Å²) >= 11 is 0. The minimum absolute atomic E-state index is 0.234. The number of aromatic nitrogens is 6. The Hall–Kier alpha value is -3.23. The second kappa shape index (κ2) is 9.28. The van der Waals surface area contributed by atoms with Crippen molar-refractivity contribution in [1.82, 2.24) is 40.2 Å². The molecule has 0 spiro atoms. The summed E-state index contributed by atoms with van der Waals surface area (Å²) in [7, 11) is 1.97. The Kier molecular flexibility index (Phi) is 6.29. The summed E-state index contributed by atoms with van der Waals surface area (Å²) in [6.45, 7) is 8.14. The number of hydrogen-bond acceptors (Lipinski definition) is 5. The van der Waals surface area contributed by atoms with Crippen LogP contribution in [0.2, 0.25) is 0 Å². The number of guanidine groups is 1. The fraction of sp³-hybridized carbons (Fsp3) is 0.500. The quantitative estimate of drug-likeness (QED) is 0.467. The lowest BCUT2D eigenvalue weighted by Crippen LogP contribution is -2.47. The van der Waals surface area contributed by atoms with Crippen molar-refractivity contribution in [2.45, 2.75) is 65.2 Å². The highest BCUT2D eigenvalue weighted by Crippen LogP contribution is 2.17. The average molecular weight is 422 g/mol. The fourth-order valence-electron chi connectivity index (χ4n) is 3.56. The molecule has 4 rings (SSSR count). The summed E-state index contributed by atoms with van der Waals surface area (Å²) in [5, 5.41) is 20.1. The molecule has 1 aliphatic rings. The molecule has 0 radical (unpaired) electrons. The standard InChI is InChI=1S/C22H31N9/c1-15(2)21-26-19-11-10-18(14-31(19)29-21)25-22(23-12-17-8-6-5-7-9-17)24-13-20-28-27-16(3)30(20)4/h5-9,15,18H,10-14H2,1-4H3,(H2,23,24,25). The van der Waals surface area contributed by atoms with Crippen LogP contribution in [-0.4, -0.2) is 41.5 Å². The van der Waals surface area contributed by atoms with Gasteiger partial charge in [-0.2, -0.15) is 5.10 Å². The molecule has 9 nitrogen and oxygen atoms in total. The van der Waals surface area contributed by atoms with Gasteiger partial charge in [0.15, 0.2) is 17.6 Å². The van der Waals surface area contributed by atoms with Crippen LogP contribution >= 0.6 is 0 Å². The number of aryl methyl sites for hydroxylation is 2. The Morgan fingerprint density at radius 2 is 2.03 bits per heavy atom. The Morgan fingerprint density at radius 1 is 1.23 bits per heavy atom. The summed E-state index contributed by atoms with van der Waals surface area (Å²) in [5.74, 6) is 4.86. The summed E-state index contributed by atoms with van der Waals surface area (Å²) in [6.07, 6.45) is 1.90. The maximum Gasteiger partial charge on any atom is 0.192 e. The van der Waals surface area contributed by atoms with Crippen molar-refractivity contribution in [2.75, 3.05) is 0 Å². The van der Waals surface area contributed by atoms with Gasteiger partial charge in [-0.25, -0.2) is 14.7 Å². The molecule has 0 bridgehead atoms. The predicted molar refractivity (Wildman–Crippen MR) is 120 cm³/mol. The van der Waals surface area contributed by atoms with Gasteiger partial charge in [-0.3, -0.25) is 0 Å². The second-order valence-electron chi connectivity index (χ2n) is 8.33. The maximum atomic E-state index is 4.82. The van der Waals surface area contributed by atoms with E-state index in [9.17, 15) is 0 Å². The van der Waals surface area contributed by atoms with E-state index in [4.69, 9.17) is 10.1 Å². The van der Waals surface area contributed by atoms with Gasteiger partial charge in [-0.15, -0.1) is 10.2 Å². The van der Waals surface area contributed by atoms with Crippen molar-refractivity contribution in [1.29, 1.82) is 0 Å². The molecule has 1 unspecified atom stereocenters. The Balaban J connectivity index is 1.46. The van der Waals surface area contributed by atoms with Gasteiger partial charge in [0.25, 0.3) is 0 Å². The zero-order valence-electron chi connectivity index (χ0n) is 18.7. The molecule has 3 heterocycles. The van der Waals surface area contributed by atoms with Crippen LogP contribution in [0.25, 0.3) is 0 Å². The van der Waals surface area contributed by atoms with E-state index in [0.717, 1.165) is 48.6 Å². The zero-order chi connectivity index (χ0) is 21.8. The van der Waals surface area contributed by atoms with Crippen LogP contribution < -0.4 is 10.6 Å². The van der Waals surface area contributed by atoms with Gasteiger partial charge in [0.1, 0.15) is 11.6 Å². The largest absolute Gasteiger partial charge is 0.352 e. The van der Waals surface area contributed by atoms with Gasteiger partial charge in [0, 0.05) is 25.4 Å². The number of fused-ring (bicyclic) bond motifs is 1. The molecule has 2 N–H and O–H groups in total. The first-order valence-corrected chi connectivity index (χ1v) is 10.9. The Morgan fingerprint density at radius 3 is 2.74 bits per heavy atom. The highest BCUT2D eigenvalue weighted by atomic mass is 15.4. The van der Waals surface area contributed by atoms with Crippen molar-refractivity contribution in [3.8, 4) is 0 Å². The number of rotatable bonds is 6. The molecule has 1 aromatic carbocycles. The molecule has 1 atom stereocenters.